The molecule has 0 heterocycles. The molecule has 1 aromatic carbocycles. The lowest BCUT2D eigenvalue weighted by Crippen LogP contribution is -1.64. The molecule has 0 unspecified atom stereocenters. The van der Waals surface area contributed by atoms with E-state index in [0.717, 1.165) is 0 Å². The summed E-state index contributed by atoms with van der Waals surface area (Å²) >= 11 is 0. The number of halogens is 4. The van der Waals surface area contributed by atoms with E-state index >= 15 is 0 Å². The Hall–Kier alpha value is 0.550. The van der Waals surface area contributed by atoms with Crippen LogP contribution in [0.3, 0.4) is 0 Å². The van der Waals surface area contributed by atoms with Crippen molar-refractivity contribution in [3.63, 3.8) is 0 Å². The Bertz CT molecular complexity index is 201. The van der Waals surface area contributed by atoms with Crippen LogP contribution in [0.5, 0.6) is 0 Å². The van der Waals surface area contributed by atoms with Crippen LogP contribution in [0.2, 0.25) is 0 Å². The Labute approximate surface area is 106 Å². The fourth-order valence-electron chi connectivity index (χ4n) is 0.650. The summed E-state index contributed by atoms with van der Waals surface area (Å²) in [4.78, 5) is 0. The SMILES string of the molecule is Cl.Cl.Cl.Cl.[P]C=Cc1ccccc1. The van der Waals surface area contributed by atoms with Gasteiger partial charge in [0.05, 0.1) is 0 Å². The summed E-state index contributed by atoms with van der Waals surface area (Å²) in [5, 5.41) is 0. The maximum Gasteiger partial charge on any atom is -0.0142 e. The molecule has 0 nitrogen and oxygen atoms in total. The highest BCUT2D eigenvalue weighted by atomic mass is 35.5. The molecule has 0 aliphatic carbocycles. The quantitative estimate of drug-likeness (QED) is 0.651. The highest BCUT2D eigenvalue weighted by Crippen LogP contribution is 2.01. The molecule has 2 radical (unpaired) electrons. The molecular formula is C8H11Cl4P. The van der Waals surface area contributed by atoms with E-state index in [1.54, 1.807) is 5.82 Å². The molecule has 1 rings (SSSR count). The molecular weight excluding hydrogens is 269 g/mol. The van der Waals surface area contributed by atoms with Crippen LogP contribution in [-0.2, 0) is 0 Å². The summed E-state index contributed by atoms with van der Waals surface area (Å²) in [5.41, 5.74) is 1.19. The number of benzene rings is 1. The molecule has 0 saturated heterocycles. The van der Waals surface area contributed by atoms with E-state index in [2.05, 4.69) is 9.24 Å². The van der Waals surface area contributed by atoms with Crippen LogP contribution < -0.4 is 0 Å². The molecule has 0 atom stereocenters. The van der Waals surface area contributed by atoms with Crippen LogP contribution in [0.4, 0.5) is 0 Å². The molecule has 5 heteroatoms. The van der Waals surface area contributed by atoms with Crippen molar-refractivity contribution in [2.24, 2.45) is 0 Å². The van der Waals surface area contributed by atoms with Gasteiger partial charge < -0.3 is 0 Å². The summed E-state index contributed by atoms with van der Waals surface area (Å²) in [6.07, 6.45) is 1.95. The predicted molar refractivity (Wildman–Crippen MR) is 71.4 cm³/mol. The van der Waals surface area contributed by atoms with Crippen LogP contribution >= 0.6 is 58.9 Å². The average Bonchev–Trinajstić information content (AvgIpc) is 1.91. The van der Waals surface area contributed by atoms with Gasteiger partial charge in [-0.05, 0) is 14.8 Å². The third kappa shape index (κ3) is 10.5. The minimum absolute atomic E-state index is 0. The van der Waals surface area contributed by atoms with Crippen molar-refractivity contribution >= 4 is 64.9 Å². The number of hydrogen-bond donors (Lipinski definition) is 0. The molecule has 0 aliphatic heterocycles. The van der Waals surface area contributed by atoms with Gasteiger partial charge in [-0.2, -0.15) is 0 Å². The first-order valence-corrected chi connectivity index (χ1v) is 3.31. The molecule has 0 aliphatic rings. The van der Waals surface area contributed by atoms with Crippen molar-refractivity contribution in [1.82, 2.24) is 0 Å². The largest absolute Gasteiger partial charge is 0.147 e. The van der Waals surface area contributed by atoms with E-state index in [1.807, 2.05) is 36.4 Å². The Balaban J connectivity index is -0.000000101. The Morgan fingerprint density at radius 1 is 0.846 bits per heavy atom. The zero-order valence-corrected chi connectivity index (χ0v) is 10.8. The Morgan fingerprint density at radius 2 is 1.31 bits per heavy atom. The maximum atomic E-state index is 3.95. The number of hydrogen-bond acceptors (Lipinski definition) is 0. The molecule has 0 aromatic heterocycles. The molecule has 0 saturated carbocycles. The van der Waals surface area contributed by atoms with Crippen molar-refractivity contribution in [2.75, 3.05) is 0 Å². The summed E-state index contributed by atoms with van der Waals surface area (Å²) < 4.78 is 0. The minimum atomic E-state index is 0. The van der Waals surface area contributed by atoms with Gasteiger partial charge in [0.1, 0.15) is 0 Å². The monoisotopic (exact) mass is 278 g/mol. The fourth-order valence-corrected chi connectivity index (χ4v) is 0.822. The fraction of sp³-hybridized carbons (Fsp3) is 0. The van der Waals surface area contributed by atoms with Gasteiger partial charge in [-0.25, -0.2) is 0 Å². The Morgan fingerprint density at radius 3 is 1.69 bits per heavy atom. The average molecular weight is 280 g/mol. The van der Waals surface area contributed by atoms with Gasteiger partial charge in [0, 0.05) is 0 Å². The summed E-state index contributed by atoms with van der Waals surface area (Å²) in [6.45, 7) is 0. The first-order chi connectivity index (χ1) is 4.43. The molecule has 0 fully saturated rings. The van der Waals surface area contributed by atoms with Gasteiger partial charge in [0.15, 0.2) is 0 Å². The van der Waals surface area contributed by atoms with Gasteiger partial charge in [0.2, 0.25) is 0 Å². The van der Waals surface area contributed by atoms with Crippen molar-refractivity contribution in [1.29, 1.82) is 0 Å². The third-order valence-electron chi connectivity index (χ3n) is 1.07. The molecule has 13 heavy (non-hydrogen) atoms. The molecule has 0 spiro atoms. The van der Waals surface area contributed by atoms with Gasteiger partial charge in [-0.1, -0.05) is 42.2 Å². The van der Waals surface area contributed by atoms with Crippen LogP contribution in [0.25, 0.3) is 6.08 Å². The van der Waals surface area contributed by atoms with Crippen molar-refractivity contribution in [2.45, 2.75) is 0 Å². The zero-order chi connectivity index (χ0) is 6.53. The standard InChI is InChI=1S/C8H7P.4ClH/c9-7-6-8-4-2-1-3-5-8;;;;/h1-7H;4*1H. The van der Waals surface area contributed by atoms with E-state index in [1.165, 1.54) is 5.56 Å². The second-order valence-electron chi connectivity index (χ2n) is 1.73. The minimum Gasteiger partial charge on any atom is -0.147 e. The third-order valence-corrected chi connectivity index (χ3v) is 1.22. The lowest BCUT2D eigenvalue weighted by Gasteiger charge is -1.86. The van der Waals surface area contributed by atoms with E-state index in [4.69, 9.17) is 0 Å². The molecule has 1 aromatic rings. The second-order valence-corrected chi connectivity index (χ2v) is 2.02. The van der Waals surface area contributed by atoms with Gasteiger partial charge >= 0.3 is 0 Å². The zero-order valence-electron chi connectivity index (χ0n) is 6.62. The van der Waals surface area contributed by atoms with Crippen LogP contribution in [0.1, 0.15) is 5.56 Å². The van der Waals surface area contributed by atoms with Crippen LogP contribution in [0, 0.1) is 0 Å². The molecule has 0 amide bonds. The Kier molecular flexibility index (Phi) is 27.1. The van der Waals surface area contributed by atoms with Crippen molar-refractivity contribution < 1.29 is 0 Å². The van der Waals surface area contributed by atoms with Crippen molar-refractivity contribution in [3.05, 3.63) is 41.7 Å². The van der Waals surface area contributed by atoms with Gasteiger partial charge in [-0.3, -0.25) is 0 Å². The highest BCUT2D eigenvalue weighted by Gasteiger charge is 1.77. The predicted octanol–water partition coefficient (Wildman–Crippen LogP) is 4.76. The van der Waals surface area contributed by atoms with Gasteiger partial charge in [0.25, 0.3) is 0 Å². The van der Waals surface area contributed by atoms with E-state index < -0.39 is 0 Å². The van der Waals surface area contributed by atoms with Crippen LogP contribution in [-0.4, -0.2) is 0 Å². The summed E-state index contributed by atoms with van der Waals surface area (Å²) in [7, 11) is 3.95. The van der Waals surface area contributed by atoms with Gasteiger partial charge in [-0.15, -0.1) is 49.6 Å². The topological polar surface area (TPSA) is 0 Å². The number of rotatable bonds is 1. The first kappa shape index (κ1) is 23.4. The second kappa shape index (κ2) is 15.0. The van der Waals surface area contributed by atoms with Crippen molar-refractivity contribution in [3.8, 4) is 0 Å². The summed E-state index contributed by atoms with van der Waals surface area (Å²) in [5.74, 6) is 1.73. The van der Waals surface area contributed by atoms with E-state index in [-0.39, 0.29) is 49.6 Å². The molecule has 0 bridgehead atoms. The lowest BCUT2D eigenvalue weighted by atomic mass is 10.2. The normalized spacial score (nSPS) is 7.15. The summed E-state index contributed by atoms with van der Waals surface area (Å²) in [6, 6.07) is 10.1. The molecule has 76 valence electrons. The van der Waals surface area contributed by atoms with Crippen LogP contribution in [0.15, 0.2) is 36.1 Å². The van der Waals surface area contributed by atoms with E-state index in [0.29, 0.717) is 0 Å². The smallest absolute Gasteiger partial charge is 0.0142 e. The first-order valence-electron chi connectivity index (χ1n) is 2.79. The van der Waals surface area contributed by atoms with E-state index in [9.17, 15) is 0 Å². The molecule has 0 N–H and O–H groups in total. The lowest BCUT2D eigenvalue weighted by molar-refractivity contribution is 1.67. The highest BCUT2D eigenvalue weighted by molar-refractivity contribution is 7.21. The maximum absolute atomic E-state index is 3.95.